The highest BCUT2D eigenvalue weighted by Crippen LogP contribution is 2.37. The molecule has 0 radical (unpaired) electrons. The van der Waals surface area contributed by atoms with Gasteiger partial charge < -0.3 is 15.4 Å². The van der Waals surface area contributed by atoms with Gasteiger partial charge in [-0.05, 0) is 43.2 Å². The number of ether oxygens (including phenoxy) is 1. The van der Waals surface area contributed by atoms with Crippen LogP contribution in [0.15, 0.2) is 18.2 Å². The fourth-order valence-corrected chi connectivity index (χ4v) is 3.67. The van der Waals surface area contributed by atoms with Crippen molar-refractivity contribution in [3.8, 4) is 5.75 Å². The summed E-state index contributed by atoms with van der Waals surface area (Å²) in [7, 11) is 1.45. The highest BCUT2D eigenvalue weighted by molar-refractivity contribution is 5.97. The lowest BCUT2D eigenvalue weighted by atomic mass is 9.79. The molecule has 1 aromatic rings. The van der Waals surface area contributed by atoms with Crippen LogP contribution >= 0.6 is 0 Å². The molecule has 0 bridgehead atoms. The predicted octanol–water partition coefficient (Wildman–Crippen LogP) is 2.03. The molecule has 114 valence electrons. The molecule has 1 unspecified atom stereocenters. The number of benzene rings is 1. The van der Waals surface area contributed by atoms with Crippen LogP contribution in [0.25, 0.3) is 0 Å². The summed E-state index contributed by atoms with van der Waals surface area (Å²) >= 11 is 0. The van der Waals surface area contributed by atoms with Crippen LogP contribution in [-0.4, -0.2) is 37.0 Å². The maximum absolute atomic E-state index is 14.0. The molecule has 4 nitrogen and oxygen atoms in total. The second-order valence-electron chi connectivity index (χ2n) is 6.12. The maximum atomic E-state index is 14.0. The number of carbonyl (C=O) groups excluding carboxylic acids is 1. The topological polar surface area (TPSA) is 55.6 Å². The Hall–Kier alpha value is -1.62. The first-order valence-corrected chi connectivity index (χ1v) is 7.47. The third-order valence-electron chi connectivity index (χ3n) is 4.79. The molecule has 1 saturated carbocycles. The van der Waals surface area contributed by atoms with Gasteiger partial charge in [0, 0.05) is 19.1 Å². The average Bonchev–Trinajstić information content (AvgIpc) is 2.89. The van der Waals surface area contributed by atoms with E-state index >= 15 is 0 Å². The average molecular weight is 292 g/mol. The molecule has 1 aromatic carbocycles. The first-order valence-electron chi connectivity index (χ1n) is 7.47. The third-order valence-corrected chi connectivity index (χ3v) is 4.79. The molecular formula is C16H21FN2O2. The summed E-state index contributed by atoms with van der Waals surface area (Å²) in [5, 5.41) is 0. The number of carbonyl (C=O) groups is 1. The quantitative estimate of drug-likeness (QED) is 0.907. The van der Waals surface area contributed by atoms with Crippen LogP contribution in [0.5, 0.6) is 5.75 Å². The molecule has 3 atom stereocenters. The van der Waals surface area contributed by atoms with Gasteiger partial charge in [-0.2, -0.15) is 0 Å². The Morgan fingerprint density at radius 1 is 1.33 bits per heavy atom. The number of nitrogens with zero attached hydrogens (tertiary/aromatic N) is 1. The lowest BCUT2D eigenvalue weighted by Gasteiger charge is -2.27. The highest BCUT2D eigenvalue weighted by Gasteiger charge is 2.39. The molecule has 1 amide bonds. The van der Waals surface area contributed by atoms with E-state index in [-0.39, 0.29) is 17.5 Å². The summed E-state index contributed by atoms with van der Waals surface area (Å²) in [4.78, 5) is 14.4. The second-order valence-corrected chi connectivity index (χ2v) is 6.12. The normalized spacial score (nSPS) is 28.3. The van der Waals surface area contributed by atoms with Gasteiger partial charge in [-0.3, -0.25) is 4.79 Å². The first-order chi connectivity index (χ1) is 10.1. The van der Waals surface area contributed by atoms with Gasteiger partial charge in [0.25, 0.3) is 5.91 Å². The van der Waals surface area contributed by atoms with Crippen molar-refractivity contribution in [1.82, 2.24) is 4.90 Å². The zero-order valence-corrected chi connectivity index (χ0v) is 12.2. The van der Waals surface area contributed by atoms with Crippen molar-refractivity contribution < 1.29 is 13.9 Å². The van der Waals surface area contributed by atoms with Crippen molar-refractivity contribution in [2.75, 3.05) is 20.2 Å². The van der Waals surface area contributed by atoms with Crippen LogP contribution in [0.4, 0.5) is 4.39 Å². The fourth-order valence-electron chi connectivity index (χ4n) is 3.67. The van der Waals surface area contributed by atoms with Crippen LogP contribution in [-0.2, 0) is 0 Å². The molecule has 2 N–H and O–H groups in total. The number of rotatable bonds is 2. The summed E-state index contributed by atoms with van der Waals surface area (Å²) in [6.45, 7) is 1.38. The van der Waals surface area contributed by atoms with E-state index in [1.165, 1.54) is 13.2 Å². The SMILES string of the molecule is COc1cccc(F)c1C(=O)N1C[C@H]2CCC(N)C[C@H]2C1. The van der Waals surface area contributed by atoms with Crippen molar-refractivity contribution in [2.24, 2.45) is 17.6 Å². The van der Waals surface area contributed by atoms with E-state index in [1.807, 2.05) is 0 Å². The van der Waals surface area contributed by atoms with E-state index in [4.69, 9.17) is 10.5 Å². The van der Waals surface area contributed by atoms with Crippen molar-refractivity contribution in [3.05, 3.63) is 29.6 Å². The predicted molar refractivity (Wildman–Crippen MR) is 77.7 cm³/mol. The Morgan fingerprint density at radius 3 is 2.86 bits per heavy atom. The van der Waals surface area contributed by atoms with Crippen molar-refractivity contribution in [2.45, 2.75) is 25.3 Å². The van der Waals surface area contributed by atoms with E-state index in [0.29, 0.717) is 30.7 Å². The third kappa shape index (κ3) is 2.62. The van der Waals surface area contributed by atoms with Crippen LogP contribution in [0.3, 0.4) is 0 Å². The Balaban J connectivity index is 1.81. The Bertz CT molecular complexity index is 549. The molecule has 3 rings (SSSR count). The Kier molecular flexibility index (Phi) is 3.85. The van der Waals surface area contributed by atoms with Gasteiger partial charge in [0.2, 0.25) is 0 Å². The van der Waals surface area contributed by atoms with Gasteiger partial charge in [-0.1, -0.05) is 6.07 Å². The zero-order valence-electron chi connectivity index (χ0n) is 12.2. The van der Waals surface area contributed by atoms with Crippen molar-refractivity contribution in [3.63, 3.8) is 0 Å². The number of nitrogens with two attached hydrogens (primary N) is 1. The largest absolute Gasteiger partial charge is 0.496 e. The van der Waals surface area contributed by atoms with Crippen LogP contribution in [0, 0.1) is 17.7 Å². The van der Waals surface area contributed by atoms with Gasteiger partial charge in [0.1, 0.15) is 17.1 Å². The van der Waals surface area contributed by atoms with Crippen LogP contribution < -0.4 is 10.5 Å². The smallest absolute Gasteiger partial charge is 0.260 e. The standard InChI is InChI=1S/C16H21FN2O2/c1-21-14-4-2-3-13(17)15(14)16(20)19-8-10-5-6-12(18)7-11(10)9-19/h2-4,10-12H,5-9,18H2,1H3/t10-,11+,12?/m1/s1. The van der Waals surface area contributed by atoms with Crippen LogP contribution in [0.1, 0.15) is 29.6 Å². The number of halogens is 1. The summed E-state index contributed by atoms with van der Waals surface area (Å²) in [6, 6.07) is 4.71. The molecular weight excluding hydrogens is 271 g/mol. The Morgan fingerprint density at radius 2 is 2.10 bits per heavy atom. The maximum Gasteiger partial charge on any atom is 0.260 e. The molecule has 1 aliphatic heterocycles. The molecule has 0 aromatic heterocycles. The van der Waals surface area contributed by atoms with Gasteiger partial charge in [0.05, 0.1) is 7.11 Å². The Labute approximate surface area is 124 Å². The van der Waals surface area contributed by atoms with Gasteiger partial charge in [0.15, 0.2) is 0 Å². The van der Waals surface area contributed by atoms with E-state index in [2.05, 4.69) is 0 Å². The second kappa shape index (κ2) is 5.64. The lowest BCUT2D eigenvalue weighted by Crippen LogP contribution is -2.32. The van der Waals surface area contributed by atoms with Gasteiger partial charge in [-0.15, -0.1) is 0 Å². The van der Waals surface area contributed by atoms with E-state index in [9.17, 15) is 9.18 Å². The molecule has 21 heavy (non-hydrogen) atoms. The van der Waals surface area contributed by atoms with E-state index in [0.717, 1.165) is 19.3 Å². The number of hydrogen-bond acceptors (Lipinski definition) is 3. The number of methoxy groups -OCH3 is 1. The molecule has 1 aliphatic carbocycles. The fraction of sp³-hybridized carbons (Fsp3) is 0.562. The number of hydrogen-bond donors (Lipinski definition) is 1. The summed E-state index contributed by atoms with van der Waals surface area (Å²) in [5.41, 5.74) is 6.05. The molecule has 1 saturated heterocycles. The molecule has 1 heterocycles. The number of likely N-dealkylation sites (tertiary alicyclic amines) is 1. The number of amides is 1. The minimum absolute atomic E-state index is 0.0444. The first kappa shape index (κ1) is 14.3. The monoisotopic (exact) mass is 292 g/mol. The molecule has 0 spiro atoms. The molecule has 5 heteroatoms. The van der Waals surface area contributed by atoms with E-state index < -0.39 is 5.82 Å². The van der Waals surface area contributed by atoms with E-state index in [1.54, 1.807) is 17.0 Å². The van der Waals surface area contributed by atoms with Gasteiger partial charge >= 0.3 is 0 Å². The summed E-state index contributed by atoms with van der Waals surface area (Å²) < 4.78 is 19.2. The van der Waals surface area contributed by atoms with Crippen LogP contribution in [0.2, 0.25) is 0 Å². The van der Waals surface area contributed by atoms with Crippen molar-refractivity contribution in [1.29, 1.82) is 0 Å². The minimum Gasteiger partial charge on any atom is -0.496 e. The molecule has 2 aliphatic rings. The molecule has 2 fully saturated rings. The number of fused-ring (bicyclic) bond motifs is 1. The highest BCUT2D eigenvalue weighted by atomic mass is 19.1. The van der Waals surface area contributed by atoms with Gasteiger partial charge in [-0.25, -0.2) is 4.39 Å². The zero-order chi connectivity index (χ0) is 15.0. The van der Waals surface area contributed by atoms with Crippen molar-refractivity contribution >= 4 is 5.91 Å². The minimum atomic E-state index is -0.522. The summed E-state index contributed by atoms with van der Waals surface area (Å²) in [6.07, 6.45) is 3.04. The lowest BCUT2D eigenvalue weighted by molar-refractivity contribution is 0.0775. The summed E-state index contributed by atoms with van der Waals surface area (Å²) in [5.74, 6) is 0.465.